The summed E-state index contributed by atoms with van der Waals surface area (Å²) in [5.74, 6) is -0.412. The number of hydrogen-bond acceptors (Lipinski definition) is 4. The van der Waals surface area contributed by atoms with Crippen LogP contribution in [0.2, 0.25) is 0 Å². The molecule has 0 aromatic carbocycles. The molecule has 4 heteroatoms. The highest BCUT2D eigenvalue weighted by Crippen LogP contribution is 2.29. The smallest absolute Gasteiger partial charge is 0.216 e. The van der Waals surface area contributed by atoms with Crippen LogP contribution in [0.25, 0.3) is 0 Å². The van der Waals surface area contributed by atoms with Crippen LogP contribution < -0.4 is 0 Å². The fourth-order valence-corrected chi connectivity index (χ4v) is 1.09. The van der Waals surface area contributed by atoms with Gasteiger partial charge in [0.05, 0.1) is 13.2 Å². The van der Waals surface area contributed by atoms with Gasteiger partial charge in [-0.05, 0) is 6.42 Å². The Balaban J connectivity index is 1.56. The molecule has 0 aromatic rings. The van der Waals surface area contributed by atoms with E-state index in [1.54, 1.807) is 0 Å². The van der Waals surface area contributed by atoms with E-state index < -0.39 is 5.79 Å². The van der Waals surface area contributed by atoms with Crippen molar-refractivity contribution < 1.29 is 18.9 Å². The zero-order valence-electron chi connectivity index (χ0n) is 7.95. The van der Waals surface area contributed by atoms with E-state index in [0.717, 1.165) is 19.6 Å². The van der Waals surface area contributed by atoms with E-state index in [-0.39, 0.29) is 0 Å². The standard InChI is InChI=1S/C9H16O4/c1-2-3-12-9(7-13-9)6-10-4-8-5-11-8/h8H,2-7H2,1H3. The summed E-state index contributed by atoms with van der Waals surface area (Å²) in [6, 6.07) is 0. The van der Waals surface area contributed by atoms with Crippen LogP contribution in [0.4, 0.5) is 0 Å². The Bertz CT molecular complexity index is 163. The largest absolute Gasteiger partial charge is 0.373 e. The van der Waals surface area contributed by atoms with Gasteiger partial charge in [0.25, 0.3) is 0 Å². The highest BCUT2D eigenvalue weighted by molar-refractivity contribution is 4.82. The second-order valence-electron chi connectivity index (χ2n) is 3.52. The maximum Gasteiger partial charge on any atom is 0.216 e. The van der Waals surface area contributed by atoms with Gasteiger partial charge >= 0.3 is 0 Å². The van der Waals surface area contributed by atoms with Gasteiger partial charge in [-0.2, -0.15) is 0 Å². The molecule has 0 saturated carbocycles. The van der Waals surface area contributed by atoms with Crippen molar-refractivity contribution in [2.75, 3.05) is 33.0 Å². The minimum absolute atomic E-state index is 0.321. The highest BCUT2D eigenvalue weighted by atomic mass is 16.8. The molecule has 0 radical (unpaired) electrons. The lowest BCUT2D eigenvalue weighted by atomic mass is 10.4. The van der Waals surface area contributed by atoms with E-state index >= 15 is 0 Å². The van der Waals surface area contributed by atoms with Crippen molar-refractivity contribution in [1.29, 1.82) is 0 Å². The molecule has 2 unspecified atom stereocenters. The Kier molecular flexibility index (Phi) is 2.83. The Morgan fingerprint density at radius 3 is 2.85 bits per heavy atom. The normalized spacial score (nSPS) is 36.2. The van der Waals surface area contributed by atoms with Crippen molar-refractivity contribution in [3.63, 3.8) is 0 Å². The molecule has 2 atom stereocenters. The van der Waals surface area contributed by atoms with E-state index in [0.29, 0.717) is 25.9 Å². The molecule has 0 amide bonds. The van der Waals surface area contributed by atoms with Crippen LogP contribution in [-0.4, -0.2) is 44.9 Å². The molecular weight excluding hydrogens is 172 g/mol. The van der Waals surface area contributed by atoms with Crippen molar-refractivity contribution >= 4 is 0 Å². The second-order valence-corrected chi connectivity index (χ2v) is 3.52. The van der Waals surface area contributed by atoms with Gasteiger partial charge in [0.15, 0.2) is 0 Å². The van der Waals surface area contributed by atoms with Crippen molar-refractivity contribution in [3.8, 4) is 0 Å². The Morgan fingerprint density at radius 2 is 2.31 bits per heavy atom. The van der Waals surface area contributed by atoms with Crippen LogP contribution in [0.15, 0.2) is 0 Å². The SMILES string of the molecule is CCCOC1(COCC2CO2)CO1. The van der Waals surface area contributed by atoms with Crippen LogP contribution in [-0.2, 0) is 18.9 Å². The van der Waals surface area contributed by atoms with E-state index in [1.807, 2.05) is 0 Å². The van der Waals surface area contributed by atoms with Crippen molar-refractivity contribution in [2.45, 2.75) is 25.2 Å². The minimum Gasteiger partial charge on any atom is -0.373 e. The predicted molar refractivity (Wildman–Crippen MR) is 45.5 cm³/mol. The molecule has 0 spiro atoms. The van der Waals surface area contributed by atoms with Crippen LogP contribution in [0.5, 0.6) is 0 Å². The number of epoxide rings is 2. The lowest BCUT2D eigenvalue weighted by molar-refractivity contribution is -0.0945. The number of rotatable bonds is 7. The zero-order chi connectivity index (χ0) is 9.15. The third-order valence-corrected chi connectivity index (χ3v) is 2.06. The summed E-state index contributed by atoms with van der Waals surface area (Å²) in [5, 5.41) is 0. The maximum absolute atomic E-state index is 5.50. The molecule has 2 aliphatic rings. The molecule has 2 aliphatic heterocycles. The van der Waals surface area contributed by atoms with E-state index in [9.17, 15) is 0 Å². The number of ether oxygens (including phenoxy) is 4. The van der Waals surface area contributed by atoms with E-state index in [1.165, 1.54) is 0 Å². The van der Waals surface area contributed by atoms with Gasteiger partial charge in [-0.3, -0.25) is 0 Å². The molecular formula is C9H16O4. The zero-order valence-corrected chi connectivity index (χ0v) is 7.95. The molecule has 0 N–H and O–H groups in total. The van der Waals surface area contributed by atoms with Gasteiger partial charge in [0.1, 0.15) is 19.3 Å². The van der Waals surface area contributed by atoms with Gasteiger partial charge in [0.2, 0.25) is 5.79 Å². The molecule has 13 heavy (non-hydrogen) atoms. The van der Waals surface area contributed by atoms with Crippen molar-refractivity contribution in [1.82, 2.24) is 0 Å². The lowest BCUT2D eigenvalue weighted by Crippen LogP contribution is -2.25. The molecule has 2 rings (SSSR count). The molecule has 4 nitrogen and oxygen atoms in total. The molecule has 0 bridgehead atoms. The van der Waals surface area contributed by atoms with Gasteiger partial charge in [-0.1, -0.05) is 6.92 Å². The average molecular weight is 188 g/mol. The van der Waals surface area contributed by atoms with Crippen LogP contribution in [0, 0.1) is 0 Å². The molecule has 2 saturated heterocycles. The summed E-state index contributed by atoms with van der Waals surface area (Å²) < 4.78 is 21.1. The maximum atomic E-state index is 5.50. The third-order valence-electron chi connectivity index (χ3n) is 2.06. The van der Waals surface area contributed by atoms with Gasteiger partial charge < -0.3 is 18.9 Å². The monoisotopic (exact) mass is 188 g/mol. The summed E-state index contributed by atoms with van der Waals surface area (Å²) in [7, 11) is 0. The highest BCUT2D eigenvalue weighted by Gasteiger charge is 2.46. The number of hydrogen-bond donors (Lipinski definition) is 0. The lowest BCUT2D eigenvalue weighted by Gasteiger charge is -2.12. The van der Waals surface area contributed by atoms with Crippen LogP contribution in [0.1, 0.15) is 13.3 Å². The van der Waals surface area contributed by atoms with Gasteiger partial charge in [-0.15, -0.1) is 0 Å². The molecule has 0 aromatic heterocycles. The first-order chi connectivity index (χ1) is 6.35. The van der Waals surface area contributed by atoms with Crippen molar-refractivity contribution in [2.24, 2.45) is 0 Å². The summed E-state index contributed by atoms with van der Waals surface area (Å²) in [6.45, 7) is 5.52. The molecule has 2 fully saturated rings. The molecule has 0 aliphatic carbocycles. The first-order valence-corrected chi connectivity index (χ1v) is 4.82. The summed E-state index contributed by atoms with van der Waals surface area (Å²) in [6.07, 6.45) is 1.33. The Morgan fingerprint density at radius 1 is 1.54 bits per heavy atom. The van der Waals surface area contributed by atoms with Gasteiger partial charge in [-0.25, -0.2) is 0 Å². The minimum atomic E-state index is -0.412. The van der Waals surface area contributed by atoms with Crippen LogP contribution >= 0.6 is 0 Å². The second kappa shape index (κ2) is 3.92. The predicted octanol–water partition coefficient (Wildman–Crippen LogP) is 0.555. The summed E-state index contributed by atoms with van der Waals surface area (Å²) in [5.41, 5.74) is 0. The topological polar surface area (TPSA) is 43.5 Å². The molecule has 2 heterocycles. The first kappa shape index (κ1) is 9.40. The summed E-state index contributed by atoms with van der Waals surface area (Å²) in [4.78, 5) is 0. The van der Waals surface area contributed by atoms with E-state index in [2.05, 4.69) is 6.92 Å². The average Bonchev–Trinajstić information content (AvgIpc) is 2.97. The Hall–Kier alpha value is -0.160. The fourth-order valence-electron chi connectivity index (χ4n) is 1.09. The van der Waals surface area contributed by atoms with Crippen LogP contribution in [0.3, 0.4) is 0 Å². The third kappa shape index (κ3) is 2.91. The summed E-state index contributed by atoms with van der Waals surface area (Å²) >= 11 is 0. The first-order valence-electron chi connectivity index (χ1n) is 4.82. The van der Waals surface area contributed by atoms with Gasteiger partial charge in [0, 0.05) is 6.61 Å². The van der Waals surface area contributed by atoms with Crippen molar-refractivity contribution in [3.05, 3.63) is 0 Å². The fraction of sp³-hybridized carbons (Fsp3) is 1.00. The Labute approximate surface area is 78.1 Å². The quantitative estimate of drug-likeness (QED) is 0.547. The van der Waals surface area contributed by atoms with E-state index in [4.69, 9.17) is 18.9 Å². The molecule has 76 valence electrons.